The maximum Gasteiger partial charge on any atom is 0.229 e. The number of nitrogens with one attached hydrogen (secondary N) is 1. The van der Waals surface area contributed by atoms with Crippen LogP contribution in [0, 0.1) is 0 Å². The number of anilines is 5. The molecule has 0 spiro atoms. The largest absolute Gasteiger partial charge is 0.369 e. The first-order valence-corrected chi connectivity index (χ1v) is 13.3. The van der Waals surface area contributed by atoms with Crippen LogP contribution >= 0.6 is 0 Å². The van der Waals surface area contributed by atoms with Crippen molar-refractivity contribution in [3.63, 3.8) is 0 Å². The van der Waals surface area contributed by atoms with E-state index in [0.29, 0.717) is 0 Å². The van der Waals surface area contributed by atoms with Crippen LogP contribution in [0.5, 0.6) is 0 Å². The predicted octanol–water partition coefficient (Wildman–Crippen LogP) is 4.25. The highest BCUT2D eigenvalue weighted by Crippen LogP contribution is 2.26. The fourth-order valence-electron chi connectivity index (χ4n) is 4.93. The number of benzene rings is 1. The van der Waals surface area contributed by atoms with Crippen molar-refractivity contribution < 1.29 is 0 Å². The maximum atomic E-state index is 4.93. The highest BCUT2D eigenvalue weighted by molar-refractivity contribution is 5.59. The van der Waals surface area contributed by atoms with E-state index in [4.69, 9.17) is 9.97 Å². The third-order valence-electron chi connectivity index (χ3n) is 7.02. The Labute approximate surface area is 215 Å². The summed E-state index contributed by atoms with van der Waals surface area (Å²) in [6, 6.07) is 18.7. The molecule has 8 heteroatoms. The van der Waals surface area contributed by atoms with Crippen LogP contribution in [0.3, 0.4) is 0 Å². The first-order valence-electron chi connectivity index (χ1n) is 13.3. The number of nitrogens with zero attached hydrogens (tertiary/aromatic N) is 7. The Hall–Kier alpha value is -3.39. The van der Waals surface area contributed by atoms with E-state index >= 15 is 0 Å². The Morgan fingerprint density at radius 3 is 2.25 bits per heavy atom. The molecule has 0 radical (unpaired) electrons. The van der Waals surface area contributed by atoms with Gasteiger partial charge in [-0.3, -0.25) is 0 Å². The zero-order valence-electron chi connectivity index (χ0n) is 21.4. The summed E-state index contributed by atoms with van der Waals surface area (Å²) in [7, 11) is 2.18. The van der Waals surface area contributed by atoms with Gasteiger partial charge in [0, 0.05) is 70.3 Å². The SMILES string of the molecule is CN(CCNc1cc(N2CCCC2)nc(N2CCCC2)n1)CCN(c1ccccc1)c1ccccn1. The summed E-state index contributed by atoms with van der Waals surface area (Å²) in [5.74, 6) is 3.84. The van der Waals surface area contributed by atoms with Crippen molar-refractivity contribution in [1.82, 2.24) is 19.9 Å². The zero-order valence-corrected chi connectivity index (χ0v) is 21.4. The lowest BCUT2D eigenvalue weighted by molar-refractivity contribution is 0.356. The molecule has 2 aliphatic rings. The van der Waals surface area contributed by atoms with Crippen molar-refractivity contribution in [3.8, 4) is 0 Å². The van der Waals surface area contributed by atoms with Crippen LogP contribution in [0.4, 0.5) is 29.1 Å². The highest BCUT2D eigenvalue weighted by atomic mass is 15.3. The molecule has 0 saturated carbocycles. The smallest absolute Gasteiger partial charge is 0.229 e. The van der Waals surface area contributed by atoms with Crippen LogP contribution < -0.4 is 20.0 Å². The van der Waals surface area contributed by atoms with Gasteiger partial charge in [0.05, 0.1) is 0 Å². The normalized spacial score (nSPS) is 15.6. The van der Waals surface area contributed by atoms with Gasteiger partial charge in [-0.05, 0) is 57.0 Å². The minimum absolute atomic E-state index is 0.835. The Bertz CT molecular complexity index is 992. The van der Waals surface area contributed by atoms with Gasteiger partial charge in [-0.25, -0.2) is 4.98 Å². The maximum absolute atomic E-state index is 4.93. The lowest BCUT2D eigenvalue weighted by Gasteiger charge is -2.27. The van der Waals surface area contributed by atoms with Gasteiger partial charge in [-0.1, -0.05) is 24.3 Å². The number of hydrogen-bond acceptors (Lipinski definition) is 8. The van der Waals surface area contributed by atoms with Gasteiger partial charge < -0.3 is 24.9 Å². The zero-order chi connectivity index (χ0) is 24.6. The van der Waals surface area contributed by atoms with E-state index < -0.39 is 0 Å². The minimum Gasteiger partial charge on any atom is -0.369 e. The van der Waals surface area contributed by atoms with Crippen LogP contribution in [-0.4, -0.2) is 79.3 Å². The van der Waals surface area contributed by atoms with E-state index in [9.17, 15) is 0 Å². The Balaban J connectivity index is 1.18. The Morgan fingerprint density at radius 2 is 1.53 bits per heavy atom. The van der Waals surface area contributed by atoms with Gasteiger partial charge in [0.2, 0.25) is 5.95 Å². The summed E-state index contributed by atoms with van der Waals surface area (Å²) in [5.41, 5.74) is 1.16. The van der Waals surface area contributed by atoms with Crippen LogP contribution in [0.15, 0.2) is 60.8 Å². The van der Waals surface area contributed by atoms with E-state index in [1.165, 1.54) is 25.7 Å². The number of para-hydroxylation sites is 1. The van der Waals surface area contributed by atoms with Gasteiger partial charge >= 0.3 is 0 Å². The second kappa shape index (κ2) is 12.0. The van der Waals surface area contributed by atoms with E-state index in [2.05, 4.69) is 79.4 Å². The van der Waals surface area contributed by atoms with Crippen molar-refractivity contribution >= 4 is 29.1 Å². The van der Waals surface area contributed by atoms with Crippen LogP contribution in [0.25, 0.3) is 0 Å². The molecule has 1 N–H and O–H groups in total. The molecule has 190 valence electrons. The molecule has 0 unspecified atom stereocenters. The molecule has 0 amide bonds. The van der Waals surface area contributed by atoms with E-state index in [-0.39, 0.29) is 0 Å². The molecule has 0 bridgehead atoms. The Kier molecular flexibility index (Phi) is 8.13. The molecule has 36 heavy (non-hydrogen) atoms. The van der Waals surface area contributed by atoms with Crippen molar-refractivity contribution in [3.05, 3.63) is 60.8 Å². The van der Waals surface area contributed by atoms with Gasteiger partial charge in [-0.15, -0.1) is 0 Å². The molecule has 2 aliphatic heterocycles. The quantitative estimate of drug-likeness (QED) is 0.432. The van der Waals surface area contributed by atoms with Gasteiger partial charge in [-0.2, -0.15) is 9.97 Å². The first kappa shape index (κ1) is 24.3. The molecule has 0 aliphatic carbocycles. The van der Waals surface area contributed by atoms with Crippen molar-refractivity contribution in [1.29, 1.82) is 0 Å². The van der Waals surface area contributed by atoms with Gasteiger partial charge in [0.1, 0.15) is 17.5 Å². The summed E-state index contributed by atoms with van der Waals surface area (Å²) in [6.45, 7) is 7.84. The summed E-state index contributed by atoms with van der Waals surface area (Å²) in [5, 5.41) is 3.58. The average Bonchev–Trinajstić information content (AvgIpc) is 3.65. The molecule has 5 rings (SSSR count). The monoisotopic (exact) mass is 486 g/mol. The molecule has 2 fully saturated rings. The summed E-state index contributed by atoms with van der Waals surface area (Å²) >= 11 is 0. The first-order chi connectivity index (χ1) is 17.8. The molecule has 0 atom stereocenters. The second-order valence-corrected chi connectivity index (χ2v) is 9.70. The number of likely N-dealkylation sites (N-methyl/N-ethyl adjacent to an activating group) is 1. The van der Waals surface area contributed by atoms with E-state index in [0.717, 1.165) is 81.4 Å². The third kappa shape index (κ3) is 6.23. The molecular weight excluding hydrogens is 448 g/mol. The fourth-order valence-corrected chi connectivity index (χ4v) is 4.93. The van der Waals surface area contributed by atoms with Gasteiger partial charge in [0.25, 0.3) is 0 Å². The average molecular weight is 487 g/mol. The predicted molar refractivity (Wildman–Crippen MR) is 149 cm³/mol. The van der Waals surface area contributed by atoms with Crippen molar-refractivity contribution in [2.45, 2.75) is 25.7 Å². The number of aromatic nitrogens is 3. The van der Waals surface area contributed by atoms with Crippen LogP contribution in [0.2, 0.25) is 0 Å². The molecular formula is C28H38N8. The molecule has 1 aromatic carbocycles. The van der Waals surface area contributed by atoms with E-state index in [1.807, 2.05) is 18.3 Å². The Morgan fingerprint density at radius 1 is 0.806 bits per heavy atom. The third-order valence-corrected chi connectivity index (χ3v) is 7.02. The summed E-state index contributed by atoms with van der Waals surface area (Å²) < 4.78 is 0. The number of pyridine rings is 1. The van der Waals surface area contributed by atoms with E-state index in [1.54, 1.807) is 0 Å². The topological polar surface area (TPSA) is 63.7 Å². The van der Waals surface area contributed by atoms with Gasteiger partial charge in [0.15, 0.2) is 0 Å². The molecule has 2 aromatic heterocycles. The molecule has 3 aromatic rings. The number of hydrogen-bond donors (Lipinski definition) is 1. The standard InChI is InChI=1S/C28H38N8/c1-33(21-22-36(24-11-3-2-4-12-24)26-13-5-6-14-30-26)20-15-29-25-23-27(34-16-7-8-17-34)32-28(31-25)35-18-9-10-19-35/h2-6,11-14,23H,7-10,15-22H2,1H3,(H,29,31,32). The number of rotatable bonds is 11. The summed E-state index contributed by atoms with van der Waals surface area (Å²) in [4.78, 5) is 23.8. The fraction of sp³-hybridized carbons (Fsp3) is 0.464. The molecule has 2 saturated heterocycles. The molecule has 8 nitrogen and oxygen atoms in total. The lowest BCUT2D eigenvalue weighted by Crippen LogP contribution is -2.33. The van der Waals surface area contributed by atoms with Crippen LogP contribution in [0.1, 0.15) is 25.7 Å². The molecule has 4 heterocycles. The van der Waals surface area contributed by atoms with Crippen molar-refractivity contribution in [2.75, 3.05) is 79.4 Å². The second-order valence-electron chi connectivity index (χ2n) is 9.70. The lowest BCUT2D eigenvalue weighted by atomic mass is 10.2. The highest BCUT2D eigenvalue weighted by Gasteiger charge is 2.20. The van der Waals surface area contributed by atoms with Crippen molar-refractivity contribution in [2.24, 2.45) is 0 Å². The minimum atomic E-state index is 0.835. The van der Waals surface area contributed by atoms with Crippen LogP contribution in [-0.2, 0) is 0 Å². The summed E-state index contributed by atoms with van der Waals surface area (Å²) in [6.07, 6.45) is 6.80.